The number of oxime groups is 1. The minimum atomic E-state index is -0.0219. The second-order valence-electron chi connectivity index (χ2n) is 7.10. The Bertz CT molecular complexity index is 1050. The number of nitrogens with one attached hydrogen (secondary N) is 1. The van der Waals surface area contributed by atoms with Crippen molar-refractivity contribution in [3.63, 3.8) is 0 Å². The van der Waals surface area contributed by atoms with Gasteiger partial charge in [0.2, 0.25) is 5.91 Å². The van der Waals surface area contributed by atoms with E-state index < -0.39 is 0 Å². The molecule has 0 spiro atoms. The second-order valence-corrected chi connectivity index (χ2v) is 7.10. The maximum absolute atomic E-state index is 12.1. The lowest BCUT2D eigenvalue weighted by Crippen LogP contribution is -2.12. The lowest BCUT2D eigenvalue weighted by atomic mass is 10.1. The summed E-state index contributed by atoms with van der Waals surface area (Å²) < 4.78 is 1.39. The van der Waals surface area contributed by atoms with Crippen LogP contribution in [0.2, 0.25) is 0 Å². The van der Waals surface area contributed by atoms with Crippen LogP contribution in [-0.2, 0) is 11.2 Å². The molecule has 1 N–H and O–H groups in total. The van der Waals surface area contributed by atoms with Crippen LogP contribution >= 0.6 is 0 Å². The van der Waals surface area contributed by atoms with Gasteiger partial charge in [0.05, 0.1) is 0 Å². The molecule has 0 aliphatic heterocycles. The Labute approximate surface area is 180 Å². The Hall–Kier alpha value is -3.69. The molecule has 0 aliphatic carbocycles. The molecule has 0 saturated heterocycles. The summed E-state index contributed by atoms with van der Waals surface area (Å²) in [5.41, 5.74) is 2.39. The number of pyridine rings is 2. The third-order valence-electron chi connectivity index (χ3n) is 4.48. The van der Waals surface area contributed by atoms with Crippen molar-refractivity contribution in [2.24, 2.45) is 5.16 Å². The SMILES string of the molecule is CCCCCC(=O)Nc1cccc(Cc2ccc(C)nc2O/N=C/n2nnnc2C)n1. The number of hydrogen-bond donors (Lipinski definition) is 1. The number of rotatable bonds is 10. The molecule has 3 heterocycles. The van der Waals surface area contributed by atoms with Crippen molar-refractivity contribution < 1.29 is 9.63 Å². The molecule has 0 aliphatic rings. The zero-order chi connectivity index (χ0) is 22.1. The highest BCUT2D eigenvalue weighted by molar-refractivity contribution is 5.89. The topological polar surface area (TPSA) is 120 Å². The first-order valence-corrected chi connectivity index (χ1v) is 10.2. The molecule has 3 aromatic heterocycles. The van der Waals surface area contributed by atoms with E-state index >= 15 is 0 Å². The molecule has 3 aromatic rings. The monoisotopic (exact) mass is 422 g/mol. The van der Waals surface area contributed by atoms with Crippen LogP contribution in [0.4, 0.5) is 5.82 Å². The van der Waals surface area contributed by atoms with E-state index in [-0.39, 0.29) is 5.91 Å². The van der Waals surface area contributed by atoms with Gasteiger partial charge >= 0.3 is 0 Å². The highest BCUT2D eigenvalue weighted by Crippen LogP contribution is 2.20. The van der Waals surface area contributed by atoms with Gasteiger partial charge in [0.1, 0.15) is 5.82 Å². The molecule has 162 valence electrons. The van der Waals surface area contributed by atoms with Crippen molar-refractivity contribution in [2.45, 2.75) is 52.9 Å². The van der Waals surface area contributed by atoms with Crippen molar-refractivity contribution in [2.75, 3.05) is 5.32 Å². The van der Waals surface area contributed by atoms with Crippen LogP contribution in [0.25, 0.3) is 0 Å². The van der Waals surface area contributed by atoms with E-state index in [2.05, 4.69) is 42.9 Å². The number of aromatic nitrogens is 6. The molecule has 10 heteroatoms. The number of carbonyl (C=O) groups is 1. The van der Waals surface area contributed by atoms with Crippen LogP contribution < -0.4 is 10.2 Å². The number of unbranched alkanes of at least 4 members (excludes halogenated alkanes) is 2. The van der Waals surface area contributed by atoms with Gasteiger partial charge in [0.25, 0.3) is 5.88 Å². The number of amides is 1. The smallest absolute Gasteiger partial charge is 0.252 e. The highest BCUT2D eigenvalue weighted by atomic mass is 16.6. The van der Waals surface area contributed by atoms with E-state index in [1.54, 1.807) is 13.0 Å². The minimum Gasteiger partial charge on any atom is -0.335 e. The molecule has 0 atom stereocenters. The van der Waals surface area contributed by atoms with Crippen LogP contribution in [0.3, 0.4) is 0 Å². The van der Waals surface area contributed by atoms with Crippen LogP contribution in [0, 0.1) is 13.8 Å². The first-order chi connectivity index (χ1) is 15.0. The first-order valence-electron chi connectivity index (χ1n) is 10.2. The fourth-order valence-electron chi connectivity index (χ4n) is 2.82. The standard InChI is InChI=1S/C21H26N8O2/c1-4-5-6-10-20(30)25-19-9-7-8-18(24-19)13-17-12-11-15(2)23-21(17)31-22-14-29-16(3)26-27-28-29/h7-9,11-12,14H,4-6,10,13H2,1-3H3,(H,24,25,30)/b22-14+. The molecule has 3 rings (SSSR count). The van der Waals surface area contributed by atoms with Gasteiger partial charge in [-0.15, -0.1) is 5.10 Å². The zero-order valence-electron chi connectivity index (χ0n) is 17.9. The predicted molar refractivity (Wildman–Crippen MR) is 116 cm³/mol. The fourth-order valence-corrected chi connectivity index (χ4v) is 2.82. The molecular formula is C21H26N8O2. The van der Waals surface area contributed by atoms with E-state index in [0.717, 1.165) is 36.2 Å². The molecule has 0 fully saturated rings. The summed E-state index contributed by atoms with van der Waals surface area (Å²) >= 11 is 0. The second kappa shape index (κ2) is 10.9. The number of carbonyl (C=O) groups excluding carboxylic acids is 1. The van der Waals surface area contributed by atoms with Crippen molar-refractivity contribution in [3.05, 3.63) is 53.1 Å². The summed E-state index contributed by atoms with van der Waals surface area (Å²) in [7, 11) is 0. The summed E-state index contributed by atoms with van der Waals surface area (Å²) in [6.07, 6.45) is 5.34. The van der Waals surface area contributed by atoms with Crippen LogP contribution in [-0.4, -0.2) is 42.4 Å². The van der Waals surface area contributed by atoms with Gasteiger partial charge < -0.3 is 10.2 Å². The van der Waals surface area contributed by atoms with E-state index in [1.165, 1.54) is 11.0 Å². The Morgan fingerprint density at radius 3 is 2.84 bits per heavy atom. The number of tetrazole rings is 1. The average molecular weight is 422 g/mol. The van der Waals surface area contributed by atoms with Gasteiger partial charge in [-0.2, -0.15) is 4.68 Å². The minimum absolute atomic E-state index is 0.0219. The number of hydrogen-bond acceptors (Lipinski definition) is 8. The molecule has 0 aromatic carbocycles. The quantitative estimate of drug-likeness (QED) is 0.231. The summed E-state index contributed by atoms with van der Waals surface area (Å²) in [4.78, 5) is 26.6. The Kier molecular flexibility index (Phi) is 7.74. The molecular weight excluding hydrogens is 396 g/mol. The van der Waals surface area contributed by atoms with E-state index in [1.807, 2.05) is 31.2 Å². The number of aryl methyl sites for hydroxylation is 2. The van der Waals surface area contributed by atoms with Crippen LogP contribution in [0.5, 0.6) is 5.88 Å². The van der Waals surface area contributed by atoms with E-state index in [9.17, 15) is 4.79 Å². The van der Waals surface area contributed by atoms with Gasteiger partial charge in [-0.3, -0.25) is 4.79 Å². The molecule has 10 nitrogen and oxygen atoms in total. The maximum atomic E-state index is 12.1. The largest absolute Gasteiger partial charge is 0.335 e. The molecule has 0 radical (unpaired) electrons. The lowest BCUT2D eigenvalue weighted by Gasteiger charge is -2.09. The van der Waals surface area contributed by atoms with Crippen LogP contribution in [0.1, 0.15) is 55.4 Å². The summed E-state index contributed by atoms with van der Waals surface area (Å²) in [5, 5.41) is 17.9. The maximum Gasteiger partial charge on any atom is 0.252 e. The molecule has 0 bridgehead atoms. The molecule has 1 amide bonds. The predicted octanol–water partition coefficient (Wildman–Crippen LogP) is 3.06. The van der Waals surface area contributed by atoms with Crippen molar-refractivity contribution in [3.8, 4) is 5.88 Å². The summed E-state index contributed by atoms with van der Waals surface area (Å²) in [5.74, 6) is 1.47. The van der Waals surface area contributed by atoms with Gasteiger partial charge in [-0.25, -0.2) is 9.97 Å². The van der Waals surface area contributed by atoms with Gasteiger partial charge in [0.15, 0.2) is 12.2 Å². The third kappa shape index (κ3) is 6.66. The summed E-state index contributed by atoms with van der Waals surface area (Å²) in [6, 6.07) is 9.36. The third-order valence-corrected chi connectivity index (χ3v) is 4.48. The van der Waals surface area contributed by atoms with E-state index in [0.29, 0.717) is 30.4 Å². The lowest BCUT2D eigenvalue weighted by molar-refractivity contribution is -0.116. The number of anilines is 1. The Morgan fingerprint density at radius 1 is 1.19 bits per heavy atom. The normalized spacial score (nSPS) is 11.1. The van der Waals surface area contributed by atoms with Gasteiger partial charge in [-0.1, -0.05) is 37.1 Å². The average Bonchev–Trinajstić information content (AvgIpc) is 3.15. The van der Waals surface area contributed by atoms with E-state index in [4.69, 9.17) is 4.84 Å². The molecule has 0 unspecified atom stereocenters. The van der Waals surface area contributed by atoms with Gasteiger partial charge in [0, 0.05) is 29.8 Å². The zero-order valence-corrected chi connectivity index (χ0v) is 17.9. The molecule has 31 heavy (non-hydrogen) atoms. The van der Waals surface area contributed by atoms with Crippen LogP contribution in [0.15, 0.2) is 35.5 Å². The van der Waals surface area contributed by atoms with Crippen molar-refractivity contribution in [1.29, 1.82) is 0 Å². The van der Waals surface area contributed by atoms with Gasteiger partial charge in [-0.05, 0) is 48.9 Å². The highest BCUT2D eigenvalue weighted by Gasteiger charge is 2.10. The number of nitrogens with zero attached hydrogens (tertiary/aromatic N) is 7. The molecule has 0 saturated carbocycles. The van der Waals surface area contributed by atoms with Crippen molar-refractivity contribution >= 4 is 18.1 Å². The fraction of sp³-hybridized carbons (Fsp3) is 0.381. The first kappa shape index (κ1) is 22.0. The Balaban J connectivity index is 1.69. The Morgan fingerprint density at radius 2 is 2.06 bits per heavy atom. The summed E-state index contributed by atoms with van der Waals surface area (Å²) in [6.45, 7) is 5.74. The van der Waals surface area contributed by atoms with Crippen molar-refractivity contribution in [1.82, 2.24) is 30.2 Å².